The minimum atomic E-state index is -0.871. The zero-order valence-corrected chi connectivity index (χ0v) is 9.65. The average molecular weight is 243 g/mol. The van der Waals surface area contributed by atoms with Crippen molar-refractivity contribution in [3.05, 3.63) is 29.3 Å². The minimum absolute atomic E-state index is 0.340. The summed E-state index contributed by atoms with van der Waals surface area (Å²) in [6.45, 7) is 0.694. The first-order chi connectivity index (χ1) is 7.72. The molecule has 0 amide bonds. The number of ether oxygens (including phenoxy) is 1. The summed E-state index contributed by atoms with van der Waals surface area (Å²) in [6, 6.07) is 5.52. The van der Waals surface area contributed by atoms with Crippen molar-refractivity contribution in [1.82, 2.24) is 0 Å². The molecule has 1 heterocycles. The Labute approximate surface area is 99.6 Å². The van der Waals surface area contributed by atoms with Crippen LogP contribution in [0.3, 0.4) is 0 Å². The highest BCUT2D eigenvalue weighted by Crippen LogP contribution is 2.29. The van der Waals surface area contributed by atoms with Crippen molar-refractivity contribution in [1.29, 1.82) is 0 Å². The first-order valence-corrected chi connectivity index (χ1v) is 5.93. The molecule has 4 heteroatoms. The first-order valence-electron chi connectivity index (χ1n) is 5.40. The Morgan fingerprint density at radius 2 is 2.19 bits per heavy atom. The second-order valence-corrected chi connectivity index (χ2v) is 4.33. The SMILES string of the molecule is OC(CCCl)C(O)c1ccc2c(c1)CCO2. The number of hydrogen-bond acceptors (Lipinski definition) is 3. The zero-order chi connectivity index (χ0) is 11.5. The van der Waals surface area contributed by atoms with Gasteiger partial charge in [0.25, 0.3) is 0 Å². The lowest BCUT2D eigenvalue weighted by Gasteiger charge is -2.17. The summed E-state index contributed by atoms with van der Waals surface area (Å²) in [4.78, 5) is 0. The number of aliphatic hydroxyl groups is 2. The maximum atomic E-state index is 9.90. The molecule has 0 bridgehead atoms. The van der Waals surface area contributed by atoms with Crippen molar-refractivity contribution in [3.8, 4) is 5.75 Å². The highest BCUT2D eigenvalue weighted by molar-refractivity contribution is 6.17. The van der Waals surface area contributed by atoms with E-state index in [9.17, 15) is 10.2 Å². The molecule has 2 rings (SSSR count). The van der Waals surface area contributed by atoms with Crippen LogP contribution in [0.4, 0.5) is 0 Å². The van der Waals surface area contributed by atoms with Gasteiger partial charge in [-0.2, -0.15) is 0 Å². The molecule has 1 aliphatic rings. The van der Waals surface area contributed by atoms with Gasteiger partial charge in [0, 0.05) is 12.3 Å². The maximum Gasteiger partial charge on any atom is 0.122 e. The van der Waals surface area contributed by atoms with Gasteiger partial charge < -0.3 is 14.9 Å². The number of alkyl halides is 1. The molecule has 1 aliphatic heterocycles. The lowest BCUT2D eigenvalue weighted by molar-refractivity contribution is 0.0169. The third kappa shape index (κ3) is 2.32. The topological polar surface area (TPSA) is 49.7 Å². The van der Waals surface area contributed by atoms with E-state index in [1.807, 2.05) is 12.1 Å². The van der Waals surface area contributed by atoms with Crippen LogP contribution < -0.4 is 4.74 Å². The Hall–Kier alpha value is -0.770. The Balaban J connectivity index is 2.14. The van der Waals surface area contributed by atoms with Gasteiger partial charge in [0.2, 0.25) is 0 Å². The summed E-state index contributed by atoms with van der Waals surface area (Å²) in [5.41, 5.74) is 1.82. The minimum Gasteiger partial charge on any atom is -0.493 e. The number of halogens is 1. The van der Waals surface area contributed by atoms with Crippen molar-refractivity contribution in [2.24, 2.45) is 0 Å². The van der Waals surface area contributed by atoms with E-state index in [0.717, 1.165) is 23.3 Å². The Kier molecular flexibility index (Phi) is 3.69. The number of fused-ring (bicyclic) bond motifs is 1. The summed E-state index contributed by atoms with van der Waals surface area (Å²) in [6.07, 6.45) is -0.430. The van der Waals surface area contributed by atoms with E-state index in [0.29, 0.717) is 18.9 Å². The van der Waals surface area contributed by atoms with Gasteiger partial charge in [0.1, 0.15) is 11.9 Å². The average Bonchev–Trinajstić information content (AvgIpc) is 2.75. The standard InChI is InChI=1S/C12H15ClO3/c13-5-3-10(14)12(15)9-1-2-11-8(7-9)4-6-16-11/h1-2,7,10,12,14-15H,3-6H2. The molecule has 1 aromatic rings. The fraction of sp³-hybridized carbons (Fsp3) is 0.500. The molecule has 0 saturated heterocycles. The molecule has 1 aromatic carbocycles. The molecule has 0 radical (unpaired) electrons. The fourth-order valence-corrected chi connectivity index (χ4v) is 2.11. The summed E-state index contributed by atoms with van der Waals surface area (Å²) < 4.78 is 5.38. The molecular formula is C12H15ClO3. The van der Waals surface area contributed by atoms with Crippen molar-refractivity contribution in [2.45, 2.75) is 25.0 Å². The molecule has 0 aromatic heterocycles. The summed E-state index contributed by atoms with van der Waals surface area (Å²) in [7, 11) is 0. The monoisotopic (exact) mass is 242 g/mol. The smallest absolute Gasteiger partial charge is 0.122 e. The van der Waals surface area contributed by atoms with E-state index in [4.69, 9.17) is 16.3 Å². The molecule has 0 saturated carbocycles. The van der Waals surface area contributed by atoms with Crippen molar-refractivity contribution in [3.63, 3.8) is 0 Å². The van der Waals surface area contributed by atoms with Crippen LogP contribution in [0.1, 0.15) is 23.7 Å². The second-order valence-electron chi connectivity index (χ2n) is 3.96. The normalized spacial score (nSPS) is 17.7. The summed E-state index contributed by atoms with van der Waals surface area (Å²) in [5, 5.41) is 19.6. The summed E-state index contributed by atoms with van der Waals surface area (Å²) >= 11 is 5.53. The van der Waals surface area contributed by atoms with Crippen molar-refractivity contribution >= 4 is 11.6 Å². The van der Waals surface area contributed by atoms with Crippen molar-refractivity contribution < 1.29 is 14.9 Å². The molecule has 0 spiro atoms. The van der Waals surface area contributed by atoms with Crippen LogP contribution in [0.5, 0.6) is 5.75 Å². The predicted octanol–water partition coefficient (Wildman–Crippen LogP) is 1.64. The van der Waals surface area contributed by atoms with Crippen LogP contribution in [0.25, 0.3) is 0 Å². The van der Waals surface area contributed by atoms with Crippen molar-refractivity contribution in [2.75, 3.05) is 12.5 Å². The van der Waals surface area contributed by atoms with Crippen LogP contribution in [0.15, 0.2) is 18.2 Å². The molecule has 2 unspecified atom stereocenters. The van der Waals surface area contributed by atoms with Crippen LogP contribution in [-0.4, -0.2) is 28.8 Å². The van der Waals surface area contributed by atoms with E-state index in [1.54, 1.807) is 6.07 Å². The Morgan fingerprint density at radius 3 is 2.94 bits per heavy atom. The van der Waals surface area contributed by atoms with Crippen LogP contribution in [0, 0.1) is 0 Å². The predicted molar refractivity (Wildman–Crippen MR) is 61.9 cm³/mol. The van der Waals surface area contributed by atoms with Gasteiger partial charge in [-0.3, -0.25) is 0 Å². The Morgan fingerprint density at radius 1 is 1.38 bits per heavy atom. The number of aliphatic hydroxyl groups excluding tert-OH is 2. The second kappa shape index (κ2) is 5.04. The molecule has 88 valence electrons. The third-order valence-electron chi connectivity index (χ3n) is 2.82. The van der Waals surface area contributed by atoms with Gasteiger partial charge in [-0.05, 0) is 29.7 Å². The Bertz CT molecular complexity index is 367. The quantitative estimate of drug-likeness (QED) is 0.790. The lowest BCUT2D eigenvalue weighted by Crippen LogP contribution is -2.18. The van der Waals surface area contributed by atoms with Crippen LogP contribution in [0.2, 0.25) is 0 Å². The van der Waals surface area contributed by atoms with Gasteiger partial charge in [0.05, 0.1) is 12.7 Å². The molecule has 3 nitrogen and oxygen atoms in total. The fourth-order valence-electron chi connectivity index (χ4n) is 1.88. The number of hydrogen-bond donors (Lipinski definition) is 2. The third-order valence-corrected chi connectivity index (χ3v) is 3.04. The maximum absolute atomic E-state index is 9.90. The van der Waals surface area contributed by atoms with Crippen LogP contribution in [-0.2, 0) is 6.42 Å². The molecular weight excluding hydrogens is 228 g/mol. The number of rotatable bonds is 4. The van der Waals surface area contributed by atoms with Gasteiger partial charge in [-0.25, -0.2) is 0 Å². The van der Waals surface area contributed by atoms with E-state index in [2.05, 4.69) is 0 Å². The van der Waals surface area contributed by atoms with Gasteiger partial charge in [-0.15, -0.1) is 11.6 Å². The van der Waals surface area contributed by atoms with Gasteiger partial charge in [-0.1, -0.05) is 6.07 Å². The molecule has 2 atom stereocenters. The molecule has 2 N–H and O–H groups in total. The molecule has 0 aliphatic carbocycles. The van der Waals surface area contributed by atoms with Gasteiger partial charge >= 0.3 is 0 Å². The van der Waals surface area contributed by atoms with E-state index in [-0.39, 0.29) is 0 Å². The highest BCUT2D eigenvalue weighted by Gasteiger charge is 2.20. The largest absolute Gasteiger partial charge is 0.493 e. The molecule has 16 heavy (non-hydrogen) atoms. The first kappa shape index (κ1) is 11.7. The van der Waals surface area contributed by atoms with E-state index >= 15 is 0 Å². The summed E-state index contributed by atoms with van der Waals surface area (Å²) in [5.74, 6) is 1.22. The highest BCUT2D eigenvalue weighted by atomic mass is 35.5. The number of benzene rings is 1. The lowest BCUT2D eigenvalue weighted by atomic mass is 10.00. The van der Waals surface area contributed by atoms with E-state index < -0.39 is 12.2 Å². The molecule has 0 fully saturated rings. The zero-order valence-electron chi connectivity index (χ0n) is 8.90. The van der Waals surface area contributed by atoms with Crippen LogP contribution >= 0.6 is 11.6 Å². The van der Waals surface area contributed by atoms with E-state index in [1.165, 1.54) is 0 Å². The van der Waals surface area contributed by atoms with Gasteiger partial charge in [0.15, 0.2) is 0 Å².